The first-order chi connectivity index (χ1) is 9.13. The van der Waals surface area contributed by atoms with E-state index < -0.39 is 0 Å². The third-order valence-electron chi connectivity index (χ3n) is 3.91. The molecule has 4 heteroatoms. The molecular weight excluding hydrogens is 240 g/mol. The Kier molecular flexibility index (Phi) is 4.56. The number of amides is 1. The lowest BCUT2D eigenvalue weighted by molar-refractivity contribution is -0.137. The first-order valence-corrected chi connectivity index (χ1v) is 6.80. The number of benzene rings is 1. The molecule has 1 aliphatic rings. The average Bonchev–Trinajstić information content (AvgIpc) is 2.45. The summed E-state index contributed by atoms with van der Waals surface area (Å²) >= 11 is 0. The molecule has 1 amide bonds. The summed E-state index contributed by atoms with van der Waals surface area (Å²) in [6.45, 7) is 3.99. The SMILES string of the molecule is CC(C(=O)N1CCc2ccccc2C1)N(C)CCO. The highest BCUT2D eigenvalue weighted by molar-refractivity contribution is 5.81. The highest BCUT2D eigenvalue weighted by atomic mass is 16.3. The van der Waals surface area contributed by atoms with Gasteiger partial charge in [-0.05, 0) is 31.5 Å². The van der Waals surface area contributed by atoms with Crippen LogP contribution >= 0.6 is 0 Å². The van der Waals surface area contributed by atoms with E-state index in [4.69, 9.17) is 5.11 Å². The van der Waals surface area contributed by atoms with E-state index in [9.17, 15) is 4.79 Å². The second kappa shape index (κ2) is 6.17. The molecule has 1 aromatic carbocycles. The van der Waals surface area contributed by atoms with Crippen molar-refractivity contribution in [1.82, 2.24) is 9.80 Å². The number of hydrogen-bond acceptors (Lipinski definition) is 3. The maximum Gasteiger partial charge on any atom is 0.239 e. The Balaban J connectivity index is 2.02. The van der Waals surface area contributed by atoms with E-state index in [2.05, 4.69) is 12.1 Å². The molecule has 2 rings (SSSR count). The summed E-state index contributed by atoms with van der Waals surface area (Å²) in [5.74, 6) is 0.144. The van der Waals surface area contributed by atoms with Crippen molar-refractivity contribution < 1.29 is 9.90 Å². The van der Waals surface area contributed by atoms with Crippen molar-refractivity contribution in [3.63, 3.8) is 0 Å². The monoisotopic (exact) mass is 262 g/mol. The van der Waals surface area contributed by atoms with Gasteiger partial charge in [0.1, 0.15) is 0 Å². The second-order valence-corrected chi connectivity index (χ2v) is 5.16. The maximum absolute atomic E-state index is 12.4. The van der Waals surface area contributed by atoms with E-state index in [1.54, 1.807) is 0 Å². The summed E-state index contributed by atoms with van der Waals surface area (Å²) < 4.78 is 0. The summed E-state index contributed by atoms with van der Waals surface area (Å²) in [7, 11) is 1.87. The molecule has 1 aliphatic heterocycles. The molecule has 0 aromatic heterocycles. The van der Waals surface area contributed by atoms with E-state index in [-0.39, 0.29) is 18.6 Å². The normalized spacial score (nSPS) is 16.3. The largest absolute Gasteiger partial charge is 0.395 e. The molecule has 0 spiro atoms. The Morgan fingerprint density at radius 3 is 2.79 bits per heavy atom. The summed E-state index contributed by atoms with van der Waals surface area (Å²) in [6, 6.07) is 8.12. The van der Waals surface area contributed by atoms with Crippen LogP contribution in [0, 0.1) is 0 Å². The summed E-state index contributed by atoms with van der Waals surface area (Å²) in [4.78, 5) is 16.2. The average molecular weight is 262 g/mol. The lowest BCUT2D eigenvalue weighted by Gasteiger charge is -2.33. The third-order valence-corrected chi connectivity index (χ3v) is 3.91. The van der Waals surface area contributed by atoms with E-state index in [0.29, 0.717) is 13.1 Å². The van der Waals surface area contributed by atoms with E-state index in [1.165, 1.54) is 11.1 Å². The van der Waals surface area contributed by atoms with Gasteiger partial charge in [0, 0.05) is 19.6 Å². The highest BCUT2D eigenvalue weighted by Gasteiger charge is 2.26. The van der Waals surface area contributed by atoms with Crippen molar-refractivity contribution in [3.05, 3.63) is 35.4 Å². The quantitative estimate of drug-likeness (QED) is 0.876. The topological polar surface area (TPSA) is 43.8 Å². The van der Waals surface area contributed by atoms with Crippen LogP contribution in [0.2, 0.25) is 0 Å². The minimum absolute atomic E-state index is 0.0803. The molecule has 19 heavy (non-hydrogen) atoms. The van der Waals surface area contributed by atoms with Gasteiger partial charge in [0.25, 0.3) is 0 Å². The molecule has 0 saturated carbocycles. The molecule has 1 N–H and O–H groups in total. The van der Waals surface area contributed by atoms with Gasteiger partial charge in [-0.25, -0.2) is 0 Å². The van der Waals surface area contributed by atoms with Gasteiger partial charge in [-0.1, -0.05) is 24.3 Å². The first-order valence-electron chi connectivity index (χ1n) is 6.80. The minimum atomic E-state index is -0.183. The summed E-state index contributed by atoms with van der Waals surface area (Å²) in [5, 5.41) is 8.94. The summed E-state index contributed by atoms with van der Waals surface area (Å²) in [6.07, 6.45) is 0.929. The predicted octanol–water partition coefficient (Wildman–Crippen LogP) is 0.884. The number of carbonyl (C=O) groups excluding carboxylic acids is 1. The van der Waals surface area contributed by atoms with Gasteiger partial charge < -0.3 is 10.0 Å². The Morgan fingerprint density at radius 1 is 1.42 bits per heavy atom. The maximum atomic E-state index is 12.4. The zero-order valence-electron chi connectivity index (χ0n) is 11.7. The molecule has 0 fully saturated rings. The van der Waals surface area contributed by atoms with E-state index in [0.717, 1.165) is 13.0 Å². The van der Waals surface area contributed by atoms with Crippen molar-refractivity contribution in [1.29, 1.82) is 0 Å². The van der Waals surface area contributed by atoms with Crippen LogP contribution in [-0.2, 0) is 17.8 Å². The molecule has 1 heterocycles. The van der Waals surface area contributed by atoms with Gasteiger partial charge in [-0.2, -0.15) is 0 Å². The fourth-order valence-electron chi connectivity index (χ4n) is 2.49. The van der Waals surface area contributed by atoms with Crippen molar-refractivity contribution in [2.45, 2.75) is 25.9 Å². The number of carbonyl (C=O) groups is 1. The zero-order valence-corrected chi connectivity index (χ0v) is 11.7. The number of rotatable bonds is 4. The molecule has 0 aliphatic carbocycles. The Bertz CT molecular complexity index is 448. The van der Waals surface area contributed by atoms with Crippen LogP contribution in [0.3, 0.4) is 0 Å². The molecule has 1 aromatic rings. The molecule has 4 nitrogen and oxygen atoms in total. The van der Waals surface area contributed by atoms with E-state index >= 15 is 0 Å². The molecular formula is C15H22N2O2. The van der Waals surface area contributed by atoms with Gasteiger partial charge in [0.05, 0.1) is 12.6 Å². The molecule has 1 atom stereocenters. The number of nitrogens with zero attached hydrogens (tertiary/aromatic N) is 2. The van der Waals surface area contributed by atoms with Crippen molar-refractivity contribution in [2.24, 2.45) is 0 Å². The van der Waals surface area contributed by atoms with Crippen LogP contribution in [0.25, 0.3) is 0 Å². The van der Waals surface area contributed by atoms with Gasteiger partial charge >= 0.3 is 0 Å². The van der Waals surface area contributed by atoms with E-state index in [1.807, 2.05) is 35.9 Å². The predicted molar refractivity (Wildman–Crippen MR) is 74.7 cm³/mol. The number of fused-ring (bicyclic) bond motifs is 1. The van der Waals surface area contributed by atoms with Gasteiger partial charge in [-0.15, -0.1) is 0 Å². The fourth-order valence-corrected chi connectivity index (χ4v) is 2.49. The molecule has 104 valence electrons. The zero-order chi connectivity index (χ0) is 13.8. The van der Waals surface area contributed by atoms with Crippen molar-refractivity contribution in [3.8, 4) is 0 Å². The molecule has 0 saturated heterocycles. The number of aliphatic hydroxyl groups is 1. The van der Waals surface area contributed by atoms with Gasteiger partial charge in [-0.3, -0.25) is 9.69 Å². The lowest BCUT2D eigenvalue weighted by atomic mass is 9.99. The minimum Gasteiger partial charge on any atom is -0.395 e. The van der Waals surface area contributed by atoms with Gasteiger partial charge in [0.2, 0.25) is 5.91 Å². The Morgan fingerprint density at radius 2 is 2.11 bits per heavy atom. The van der Waals surface area contributed by atoms with Crippen molar-refractivity contribution in [2.75, 3.05) is 26.7 Å². The van der Waals surface area contributed by atoms with Crippen LogP contribution in [0.4, 0.5) is 0 Å². The lowest BCUT2D eigenvalue weighted by Crippen LogP contribution is -2.47. The van der Waals surface area contributed by atoms with Crippen LogP contribution in [0.5, 0.6) is 0 Å². The Labute approximate surface area is 114 Å². The smallest absolute Gasteiger partial charge is 0.239 e. The van der Waals surface area contributed by atoms with Crippen LogP contribution < -0.4 is 0 Å². The second-order valence-electron chi connectivity index (χ2n) is 5.16. The number of likely N-dealkylation sites (N-methyl/N-ethyl adjacent to an activating group) is 1. The fraction of sp³-hybridized carbons (Fsp3) is 0.533. The number of hydrogen-bond donors (Lipinski definition) is 1. The first kappa shape index (κ1) is 14.0. The Hall–Kier alpha value is -1.39. The van der Waals surface area contributed by atoms with Crippen LogP contribution in [0.15, 0.2) is 24.3 Å². The molecule has 1 unspecified atom stereocenters. The summed E-state index contributed by atoms with van der Waals surface area (Å²) in [5.41, 5.74) is 2.60. The highest BCUT2D eigenvalue weighted by Crippen LogP contribution is 2.19. The van der Waals surface area contributed by atoms with Gasteiger partial charge in [0.15, 0.2) is 0 Å². The molecule has 0 bridgehead atoms. The molecule has 0 radical (unpaired) electrons. The van der Waals surface area contributed by atoms with Crippen LogP contribution in [0.1, 0.15) is 18.1 Å². The van der Waals surface area contributed by atoms with Crippen LogP contribution in [-0.4, -0.2) is 53.6 Å². The number of aliphatic hydroxyl groups excluding tert-OH is 1. The third kappa shape index (κ3) is 3.14. The van der Waals surface area contributed by atoms with Crippen molar-refractivity contribution >= 4 is 5.91 Å². The standard InChI is InChI=1S/C15H22N2O2/c1-12(16(2)9-10-18)15(19)17-8-7-13-5-3-4-6-14(13)11-17/h3-6,12,18H,7-11H2,1-2H3.